The molecule has 23 heavy (non-hydrogen) atoms. The van der Waals surface area contributed by atoms with Gasteiger partial charge in [0.1, 0.15) is 5.75 Å². The summed E-state index contributed by atoms with van der Waals surface area (Å²) in [6.45, 7) is 15.5. The summed E-state index contributed by atoms with van der Waals surface area (Å²) in [7, 11) is 3.94. The molecule has 3 rings (SSSR count). The van der Waals surface area contributed by atoms with Gasteiger partial charge in [-0.15, -0.1) is 0 Å². The van der Waals surface area contributed by atoms with Gasteiger partial charge in [0, 0.05) is 17.6 Å². The predicted molar refractivity (Wildman–Crippen MR) is 104 cm³/mol. The molecular weight excluding hydrogens is 284 g/mol. The SMILES string of the molecule is CC.CC.CC.CC[C@@]12CCN(C)C1Nc1ccc(OC)cc12. The van der Waals surface area contributed by atoms with E-state index in [1.807, 2.05) is 47.6 Å². The quantitative estimate of drug-likeness (QED) is 0.777. The molecule has 0 aromatic heterocycles. The summed E-state index contributed by atoms with van der Waals surface area (Å²) in [5.74, 6) is 0.966. The molecule has 1 aromatic rings. The topological polar surface area (TPSA) is 24.5 Å². The lowest BCUT2D eigenvalue weighted by Crippen LogP contribution is -2.41. The molecule has 2 atom stereocenters. The van der Waals surface area contributed by atoms with Crippen molar-refractivity contribution in [3.8, 4) is 5.75 Å². The van der Waals surface area contributed by atoms with E-state index >= 15 is 0 Å². The molecule has 134 valence electrons. The Balaban J connectivity index is 0.000000728. The second-order valence-corrected chi connectivity index (χ2v) is 5.20. The van der Waals surface area contributed by atoms with E-state index in [4.69, 9.17) is 4.74 Å². The summed E-state index contributed by atoms with van der Waals surface area (Å²) in [5.41, 5.74) is 3.00. The van der Waals surface area contributed by atoms with Gasteiger partial charge in [-0.2, -0.15) is 0 Å². The van der Waals surface area contributed by atoms with Gasteiger partial charge in [0.05, 0.1) is 13.3 Å². The van der Waals surface area contributed by atoms with Crippen LogP contribution in [0.5, 0.6) is 5.75 Å². The summed E-state index contributed by atoms with van der Waals surface area (Å²) in [5, 5.41) is 3.66. The average molecular weight is 323 g/mol. The lowest BCUT2D eigenvalue weighted by atomic mass is 9.77. The first-order chi connectivity index (χ1) is 11.2. The van der Waals surface area contributed by atoms with Gasteiger partial charge in [-0.05, 0) is 43.7 Å². The van der Waals surface area contributed by atoms with Crippen molar-refractivity contribution in [2.75, 3.05) is 26.0 Å². The van der Waals surface area contributed by atoms with Crippen LogP contribution in [0, 0.1) is 0 Å². The molecule has 0 radical (unpaired) electrons. The van der Waals surface area contributed by atoms with Crippen molar-refractivity contribution >= 4 is 5.69 Å². The van der Waals surface area contributed by atoms with Crippen LogP contribution in [-0.4, -0.2) is 31.8 Å². The Labute approximate surface area is 144 Å². The number of hydrogen-bond donors (Lipinski definition) is 1. The highest BCUT2D eigenvalue weighted by Crippen LogP contribution is 2.51. The molecule has 2 heterocycles. The molecule has 3 nitrogen and oxygen atoms in total. The fourth-order valence-electron chi connectivity index (χ4n) is 3.49. The Morgan fingerprint density at radius 1 is 1.17 bits per heavy atom. The number of nitrogens with one attached hydrogen (secondary N) is 1. The second-order valence-electron chi connectivity index (χ2n) is 5.20. The first-order valence-electron chi connectivity index (χ1n) is 9.36. The molecule has 0 amide bonds. The molecule has 0 spiro atoms. The number of benzene rings is 1. The molecule has 1 N–H and O–H groups in total. The first kappa shape index (κ1) is 21.8. The second kappa shape index (κ2) is 10.5. The third kappa shape index (κ3) is 4.00. The standard InChI is InChI=1S/C14H20N2O.3C2H6/c1-4-14-7-8-16(2)13(14)15-12-6-5-10(17-3)9-11(12)14;3*1-2/h5-6,9,13,15H,4,7-8H2,1-3H3;3*1-2H3/t13?,14-;;;/m0.../s1. The maximum absolute atomic E-state index is 5.36. The maximum Gasteiger partial charge on any atom is 0.119 e. The van der Waals surface area contributed by atoms with Crippen molar-refractivity contribution in [3.63, 3.8) is 0 Å². The predicted octanol–water partition coefficient (Wildman–Crippen LogP) is 5.51. The van der Waals surface area contributed by atoms with Crippen LogP contribution in [0.1, 0.15) is 66.9 Å². The van der Waals surface area contributed by atoms with Crippen LogP contribution in [0.2, 0.25) is 0 Å². The highest BCUT2D eigenvalue weighted by atomic mass is 16.5. The summed E-state index contributed by atoms with van der Waals surface area (Å²) in [6, 6.07) is 6.40. The molecule has 0 aliphatic carbocycles. The minimum absolute atomic E-state index is 0.276. The molecule has 2 aliphatic rings. The summed E-state index contributed by atoms with van der Waals surface area (Å²) in [6.07, 6.45) is 2.86. The van der Waals surface area contributed by atoms with Crippen LogP contribution >= 0.6 is 0 Å². The number of likely N-dealkylation sites (tertiary alicyclic amines) is 1. The van der Waals surface area contributed by atoms with Crippen molar-refractivity contribution in [2.24, 2.45) is 0 Å². The van der Waals surface area contributed by atoms with Crippen LogP contribution in [0.4, 0.5) is 5.69 Å². The van der Waals surface area contributed by atoms with Crippen LogP contribution in [0.25, 0.3) is 0 Å². The zero-order valence-electron chi connectivity index (χ0n) is 16.8. The number of ether oxygens (including phenoxy) is 1. The van der Waals surface area contributed by atoms with Crippen LogP contribution in [0.3, 0.4) is 0 Å². The number of anilines is 1. The Kier molecular flexibility index (Phi) is 9.98. The van der Waals surface area contributed by atoms with Crippen molar-refractivity contribution in [2.45, 2.75) is 72.9 Å². The highest BCUT2D eigenvalue weighted by Gasteiger charge is 2.51. The van der Waals surface area contributed by atoms with Gasteiger partial charge < -0.3 is 10.1 Å². The van der Waals surface area contributed by atoms with Gasteiger partial charge in [0.25, 0.3) is 0 Å². The fourth-order valence-corrected chi connectivity index (χ4v) is 3.49. The summed E-state index contributed by atoms with van der Waals surface area (Å²) in [4.78, 5) is 2.43. The van der Waals surface area contributed by atoms with Gasteiger partial charge >= 0.3 is 0 Å². The third-order valence-electron chi connectivity index (χ3n) is 4.56. The fraction of sp³-hybridized carbons (Fsp3) is 0.700. The van der Waals surface area contributed by atoms with Gasteiger partial charge in [0.15, 0.2) is 0 Å². The Bertz CT molecular complexity index is 447. The molecule has 1 unspecified atom stereocenters. The van der Waals surface area contributed by atoms with E-state index in [0.29, 0.717) is 6.17 Å². The Morgan fingerprint density at radius 2 is 1.78 bits per heavy atom. The van der Waals surface area contributed by atoms with Crippen molar-refractivity contribution in [1.29, 1.82) is 0 Å². The molecule has 1 aromatic carbocycles. The Hall–Kier alpha value is -1.22. The van der Waals surface area contributed by atoms with Crippen molar-refractivity contribution < 1.29 is 4.74 Å². The smallest absolute Gasteiger partial charge is 0.119 e. The molecular formula is C20H38N2O. The van der Waals surface area contributed by atoms with Crippen LogP contribution < -0.4 is 10.1 Å². The molecule has 0 bridgehead atoms. The van der Waals surface area contributed by atoms with Gasteiger partial charge in [0.2, 0.25) is 0 Å². The lowest BCUT2D eigenvalue weighted by molar-refractivity contribution is 0.279. The van der Waals surface area contributed by atoms with Gasteiger partial charge in [-0.1, -0.05) is 48.5 Å². The van der Waals surface area contributed by atoms with E-state index < -0.39 is 0 Å². The average Bonchev–Trinajstić information content (AvgIpc) is 3.15. The summed E-state index contributed by atoms with van der Waals surface area (Å²) >= 11 is 0. The number of likely N-dealkylation sites (N-methyl/N-ethyl adjacent to an activating group) is 1. The summed E-state index contributed by atoms with van der Waals surface area (Å²) < 4.78 is 5.36. The van der Waals surface area contributed by atoms with Crippen molar-refractivity contribution in [1.82, 2.24) is 4.90 Å². The largest absolute Gasteiger partial charge is 0.497 e. The van der Waals surface area contributed by atoms with Crippen LogP contribution in [0.15, 0.2) is 18.2 Å². The lowest BCUT2D eigenvalue weighted by Gasteiger charge is -2.30. The minimum Gasteiger partial charge on any atom is -0.497 e. The van der Waals surface area contributed by atoms with E-state index in [-0.39, 0.29) is 5.41 Å². The number of hydrogen-bond acceptors (Lipinski definition) is 3. The van der Waals surface area contributed by atoms with Gasteiger partial charge in [-0.25, -0.2) is 0 Å². The molecule has 1 saturated heterocycles. The third-order valence-corrected chi connectivity index (χ3v) is 4.56. The molecule has 2 aliphatic heterocycles. The first-order valence-corrected chi connectivity index (χ1v) is 9.36. The highest BCUT2D eigenvalue weighted by molar-refractivity contribution is 5.64. The van der Waals surface area contributed by atoms with E-state index in [2.05, 4.69) is 36.3 Å². The maximum atomic E-state index is 5.36. The number of rotatable bonds is 2. The zero-order valence-corrected chi connectivity index (χ0v) is 16.8. The van der Waals surface area contributed by atoms with E-state index in [1.165, 1.54) is 30.6 Å². The van der Waals surface area contributed by atoms with Gasteiger partial charge in [-0.3, -0.25) is 4.90 Å². The monoisotopic (exact) mass is 322 g/mol. The van der Waals surface area contributed by atoms with E-state index in [9.17, 15) is 0 Å². The number of nitrogens with zero attached hydrogens (tertiary/aromatic N) is 1. The van der Waals surface area contributed by atoms with E-state index in [0.717, 1.165) is 5.75 Å². The normalized spacial score (nSPS) is 23.6. The van der Waals surface area contributed by atoms with Crippen molar-refractivity contribution in [3.05, 3.63) is 23.8 Å². The number of fused-ring (bicyclic) bond motifs is 3. The van der Waals surface area contributed by atoms with Crippen LogP contribution in [-0.2, 0) is 5.41 Å². The zero-order chi connectivity index (χ0) is 18.0. The number of methoxy groups -OCH3 is 1. The Morgan fingerprint density at radius 3 is 2.30 bits per heavy atom. The minimum atomic E-state index is 0.276. The molecule has 0 saturated carbocycles. The molecule has 3 heteroatoms. The van der Waals surface area contributed by atoms with E-state index in [1.54, 1.807) is 7.11 Å². The molecule has 1 fully saturated rings.